The van der Waals surface area contributed by atoms with Gasteiger partial charge in [0, 0.05) is 57.1 Å². The van der Waals surface area contributed by atoms with Crippen molar-refractivity contribution in [3.63, 3.8) is 0 Å². The summed E-state index contributed by atoms with van der Waals surface area (Å²) in [6.07, 6.45) is 10.9. The van der Waals surface area contributed by atoms with E-state index in [-0.39, 0.29) is 0 Å². The number of piperidine rings is 1. The molecule has 5 rings (SSSR count). The summed E-state index contributed by atoms with van der Waals surface area (Å²) in [5.41, 5.74) is 5.00. The molecule has 1 aliphatic carbocycles. The average molecular weight is 418 g/mol. The Kier molecular flexibility index (Phi) is 6.06. The highest BCUT2D eigenvalue weighted by molar-refractivity contribution is 5.87. The average Bonchev–Trinajstić information content (AvgIpc) is 3.09. The van der Waals surface area contributed by atoms with Crippen LogP contribution in [0.2, 0.25) is 0 Å². The van der Waals surface area contributed by atoms with Gasteiger partial charge in [0.05, 0.1) is 5.69 Å². The van der Waals surface area contributed by atoms with Gasteiger partial charge in [-0.25, -0.2) is 4.98 Å². The Bertz CT molecular complexity index is 929. The minimum Gasteiger partial charge on any atom is -0.355 e. The zero-order chi connectivity index (χ0) is 21.2. The molecule has 0 aromatic carbocycles. The van der Waals surface area contributed by atoms with Gasteiger partial charge >= 0.3 is 0 Å². The molecule has 0 N–H and O–H groups in total. The van der Waals surface area contributed by atoms with Crippen LogP contribution in [0.3, 0.4) is 0 Å². The Hall–Kier alpha value is -2.24. The zero-order valence-corrected chi connectivity index (χ0v) is 19.0. The Morgan fingerprint density at radius 1 is 0.968 bits per heavy atom. The highest BCUT2D eigenvalue weighted by atomic mass is 15.3. The second-order valence-electron chi connectivity index (χ2n) is 9.54. The van der Waals surface area contributed by atoms with E-state index < -0.39 is 0 Å². The van der Waals surface area contributed by atoms with Crippen molar-refractivity contribution in [1.82, 2.24) is 19.8 Å². The number of pyridine rings is 2. The molecule has 0 bridgehead atoms. The molecule has 31 heavy (non-hydrogen) atoms. The number of anilines is 1. The minimum absolute atomic E-state index is 0.679. The summed E-state index contributed by atoms with van der Waals surface area (Å²) < 4.78 is 0. The fraction of sp³-hybridized carbons (Fsp3) is 0.538. The third kappa shape index (κ3) is 4.53. The lowest BCUT2D eigenvalue weighted by molar-refractivity contribution is 0.0965. The predicted octanol–water partition coefficient (Wildman–Crippen LogP) is 3.96. The molecule has 4 heterocycles. The lowest BCUT2D eigenvalue weighted by atomic mass is 10.0. The quantitative estimate of drug-likeness (QED) is 0.753. The highest BCUT2D eigenvalue weighted by Gasteiger charge is 2.27. The van der Waals surface area contributed by atoms with Crippen LogP contribution in [0.1, 0.15) is 49.9 Å². The van der Waals surface area contributed by atoms with E-state index in [1.165, 1.54) is 55.6 Å². The molecule has 3 aliphatic rings. The van der Waals surface area contributed by atoms with Crippen molar-refractivity contribution in [3.8, 4) is 0 Å². The molecule has 5 heteroatoms. The SMILES string of the molecule is CC(C)N1CCC(N2CCCN(c3cccc(C4=Cc5cnccc5C4)n3)CC2)CC1. The van der Waals surface area contributed by atoms with Crippen LogP contribution in [-0.4, -0.2) is 71.1 Å². The van der Waals surface area contributed by atoms with Crippen molar-refractivity contribution in [2.45, 2.75) is 51.6 Å². The molecular formula is C26H35N5. The van der Waals surface area contributed by atoms with Crippen LogP contribution in [-0.2, 0) is 6.42 Å². The number of hydrogen-bond acceptors (Lipinski definition) is 5. The van der Waals surface area contributed by atoms with Gasteiger partial charge in [-0.2, -0.15) is 0 Å². The number of allylic oxidation sites excluding steroid dienone is 1. The van der Waals surface area contributed by atoms with Crippen LogP contribution in [0, 0.1) is 0 Å². The van der Waals surface area contributed by atoms with E-state index in [2.05, 4.69) is 63.9 Å². The summed E-state index contributed by atoms with van der Waals surface area (Å²) in [6, 6.07) is 10.1. The molecule has 0 radical (unpaired) electrons. The summed E-state index contributed by atoms with van der Waals surface area (Å²) in [4.78, 5) is 17.2. The first kappa shape index (κ1) is 20.7. The molecule has 0 unspecified atom stereocenters. The molecule has 2 fully saturated rings. The summed E-state index contributed by atoms with van der Waals surface area (Å²) >= 11 is 0. The molecule has 164 valence electrons. The van der Waals surface area contributed by atoms with Crippen molar-refractivity contribution < 1.29 is 0 Å². The first-order valence-electron chi connectivity index (χ1n) is 12.0. The third-order valence-corrected chi connectivity index (χ3v) is 7.32. The van der Waals surface area contributed by atoms with E-state index in [0.29, 0.717) is 6.04 Å². The van der Waals surface area contributed by atoms with Crippen LogP contribution >= 0.6 is 0 Å². The molecule has 0 spiro atoms. The molecule has 5 nitrogen and oxygen atoms in total. The normalized spacial score (nSPS) is 21.3. The molecule has 2 aromatic rings. The smallest absolute Gasteiger partial charge is 0.129 e. The maximum absolute atomic E-state index is 5.08. The van der Waals surface area contributed by atoms with Crippen molar-refractivity contribution in [2.75, 3.05) is 44.2 Å². The lowest BCUT2D eigenvalue weighted by Gasteiger charge is -2.39. The van der Waals surface area contributed by atoms with Gasteiger partial charge in [0.15, 0.2) is 0 Å². The van der Waals surface area contributed by atoms with E-state index in [0.717, 1.165) is 43.6 Å². The molecular weight excluding hydrogens is 382 g/mol. The fourth-order valence-corrected chi connectivity index (χ4v) is 5.41. The van der Waals surface area contributed by atoms with E-state index in [1.54, 1.807) is 0 Å². The summed E-state index contributed by atoms with van der Waals surface area (Å²) in [5, 5.41) is 0. The predicted molar refractivity (Wildman–Crippen MR) is 128 cm³/mol. The van der Waals surface area contributed by atoms with Gasteiger partial charge in [-0.05, 0) is 87.2 Å². The van der Waals surface area contributed by atoms with Crippen LogP contribution in [0.15, 0.2) is 36.7 Å². The Labute approximate surface area is 186 Å². The second kappa shape index (κ2) is 9.09. The van der Waals surface area contributed by atoms with E-state index in [1.807, 2.05) is 12.4 Å². The van der Waals surface area contributed by atoms with Crippen LogP contribution in [0.25, 0.3) is 11.6 Å². The largest absolute Gasteiger partial charge is 0.355 e. The monoisotopic (exact) mass is 417 g/mol. The van der Waals surface area contributed by atoms with Gasteiger partial charge in [-0.1, -0.05) is 6.07 Å². The van der Waals surface area contributed by atoms with Crippen molar-refractivity contribution >= 4 is 17.5 Å². The molecule has 0 amide bonds. The van der Waals surface area contributed by atoms with Crippen molar-refractivity contribution in [3.05, 3.63) is 53.5 Å². The van der Waals surface area contributed by atoms with Crippen molar-refractivity contribution in [1.29, 1.82) is 0 Å². The number of fused-ring (bicyclic) bond motifs is 1. The van der Waals surface area contributed by atoms with Crippen LogP contribution < -0.4 is 4.90 Å². The Morgan fingerprint density at radius 3 is 2.65 bits per heavy atom. The number of nitrogens with zero attached hydrogens (tertiary/aromatic N) is 5. The lowest BCUT2D eigenvalue weighted by Crippen LogP contribution is -2.47. The van der Waals surface area contributed by atoms with E-state index in [9.17, 15) is 0 Å². The van der Waals surface area contributed by atoms with Gasteiger partial charge in [0.25, 0.3) is 0 Å². The molecule has 2 aromatic heterocycles. The molecule has 0 saturated carbocycles. The minimum atomic E-state index is 0.679. The number of likely N-dealkylation sites (tertiary alicyclic amines) is 1. The number of rotatable bonds is 4. The zero-order valence-electron chi connectivity index (χ0n) is 19.0. The molecule has 2 aliphatic heterocycles. The highest BCUT2D eigenvalue weighted by Crippen LogP contribution is 2.31. The van der Waals surface area contributed by atoms with Crippen LogP contribution in [0.4, 0.5) is 5.82 Å². The van der Waals surface area contributed by atoms with Gasteiger partial charge in [0.1, 0.15) is 5.82 Å². The van der Waals surface area contributed by atoms with Gasteiger partial charge in [-0.15, -0.1) is 0 Å². The summed E-state index contributed by atoms with van der Waals surface area (Å²) in [6.45, 7) is 11.7. The van der Waals surface area contributed by atoms with Crippen LogP contribution in [0.5, 0.6) is 0 Å². The van der Waals surface area contributed by atoms with E-state index >= 15 is 0 Å². The fourth-order valence-electron chi connectivity index (χ4n) is 5.41. The topological polar surface area (TPSA) is 35.5 Å². The van der Waals surface area contributed by atoms with Gasteiger partial charge in [-0.3, -0.25) is 9.88 Å². The molecule has 0 atom stereocenters. The maximum Gasteiger partial charge on any atom is 0.129 e. The standard InChI is InChI=1S/C26H35N5/c1-20(2)29-13-8-24(9-14-29)30-11-4-12-31(16-15-30)26-6-3-5-25(28-26)22-17-21-7-10-27-19-23(21)18-22/h3,5-7,10,18-20,24H,4,8-9,11-17H2,1-2H3. The third-order valence-electron chi connectivity index (χ3n) is 7.32. The first-order chi connectivity index (χ1) is 15.2. The maximum atomic E-state index is 5.08. The Morgan fingerprint density at radius 2 is 1.84 bits per heavy atom. The number of aromatic nitrogens is 2. The second-order valence-corrected chi connectivity index (χ2v) is 9.54. The van der Waals surface area contributed by atoms with E-state index in [4.69, 9.17) is 4.98 Å². The first-order valence-corrected chi connectivity index (χ1v) is 12.0. The molecule has 2 saturated heterocycles. The number of hydrogen-bond donors (Lipinski definition) is 0. The van der Waals surface area contributed by atoms with Gasteiger partial charge < -0.3 is 9.80 Å². The van der Waals surface area contributed by atoms with Gasteiger partial charge in [0.2, 0.25) is 0 Å². The Balaban J connectivity index is 1.23. The van der Waals surface area contributed by atoms with Crippen molar-refractivity contribution in [2.24, 2.45) is 0 Å². The summed E-state index contributed by atoms with van der Waals surface area (Å²) in [7, 11) is 0. The summed E-state index contributed by atoms with van der Waals surface area (Å²) in [5.74, 6) is 1.13.